The van der Waals surface area contributed by atoms with Crippen molar-refractivity contribution in [3.8, 4) is 0 Å². The smallest absolute Gasteiger partial charge is 0.329 e. The van der Waals surface area contributed by atoms with Gasteiger partial charge >= 0.3 is 5.97 Å². The van der Waals surface area contributed by atoms with E-state index in [1.54, 1.807) is 11.8 Å². The van der Waals surface area contributed by atoms with Crippen molar-refractivity contribution in [2.45, 2.75) is 12.5 Å². The molecular formula is C12H13ClN2O5. The highest BCUT2D eigenvalue weighted by molar-refractivity contribution is 6.31. The number of anilines is 1. The van der Waals surface area contributed by atoms with Crippen molar-refractivity contribution in [3.63, 3.8) is 0 Å². The molecule has 0 unspecified atom stereocenters. The van der Waals surface area contributed by atoms with Crippen molar-refractivity contribution < 1.29 is 19.6 Å². The van der Waals surface area contributed by atoms with E-state index in [4.69, 9.17) is 21.4 Å². The van der Waals surface area contributed by atoms with Crippen molar-refractivity contribution in [2.75, 3.05) is 24.6 Å². The summed E-state index contributed by atoms with van der Waals surface area (Å²) in [7, 11) is 0. The fraction of sp³-hybridized carbons (Fsp3) is 0.417. The van der Waals surface area contributed by atoms with Crippen LogP contribution in [0.5, 0.6) is 0 Å². The van der Waals surface area contributed by atoms with Gasteiger partial charge in [0.1, 0.15) is 17.9 Å². The fourth-order valence-electron chi connectivity index (χ4n) is 2.16. The summed E-state index contributed by atoms with van der Waals surface area (Å²) >= 11 is 5.86. The van der Waals surface area contributed by atoms with Crippen LogP contribution in [-0.2, 0) is 9.53 Å². The molecule has 0 saturated carbocycles. The summed E-state index contributed by atoms with van der Waals surface area (Å²) in [6.45, 7) is 2.13. The number of benzene rings is 1. The molecule has 0 spiro atoms. The normalized spacial score (nSPS) is 16.6. The molecule has 0 aliphatic carbocycles. The molecule has 1 aliphatic rings. The fourth-order valence-corrected chi connectivity index (χ4v) is 2.33. The van der Waals surface area contributed by atoms with Crippen LogP contribution in [0.3, 0.4) is 0 Å². The maximum absolute atomic E-state index is 11.0. The minimum absolute atomic E-state index is 0.0327. The van der Waals surface area contributed by atoms with E-state index < -0.39 is 16.5 Å². The maximum Gasteiger partial charge on any atom is 0.329 e. The molecule has 8 heteroatoms. The van der Waals surface area contributed by atoms with Crippen LogP contribution in [-0.4, -0.2) is 41.3 Å². The first-order valence-electron chi connectivity index (χ1n) is 5.85. The van der Waals surface area contributed by atoms with Gasteiger partial charge in [-0.1, -0.05) is 11.6 Å². The number of hydrogen-bond donors (Lipinski definition) is 1. The SMILES string of the molecule is CC1(OCC(=O)O)CN(c2cc(Cl)ccc2[N+](=O)[O-])C1. The molecule has 7 nitrogen and oxygen atoms in total. The Labute approximate surface area is 119 Å². The number of nitrogens with zero attached hydrogens (tertiary/aromatic N) is 2. The minimum Gasteiger partial charge on any atom is -0.480 e. The highest BCUT2D eigenvalue weighted by atomic mass is 35.5. The zero-order chi connectivity index (χ0) is 14.9. The van der Waals surface area contributed by atoms with Crippen molar-refractivity contribution in [1.29, 1.82) is 0 Å². The van der Waals surface area contributed by atoms with Crippen LogP contribution in [0.25, 0.3) is 0 Å². The Morgan fingerprint density at radius 3 is 2.80 bits per heavy atom. The van der Waals surface area contributed by atoms with E-state index in [2.05, 4.69) is 0 Å². The zero-order valence-electron chi connectivity index (χ0n) is 10.7. The zero-order valence-corrected chi connectivity index (χ0v) is 11.5. The van der Waals surface area contributed by atoms with Crippen LogP contribution in [0, 0.1) is 10.1 Å². The first-order valence-corrected chi connectivity index (χ1v) is 6.23. The quantitative estimate of drug-likeness (QED) is 0.659. The van der Waals surface area contributed by atoms with Crippen molar-refractivity contribution in [3.05, 3.63) is 33.3 Å². The number of hydrogen-bond acceptors (Lipinski definition) is 5. The lowest BCUT2D eigenvalue weighted by Crippen LogP contribution is -2.62. The molecular weight excluding hydrogens is 288 g/mol. The molecule has 0 aromatic heterocycles. The third-order valence-corrected chi connectivity index (χ3v) is 3.30. The lowest BCUT2D eigenvalue weighted by atomic mass is 9.95. The van der Waals surface area contributed by atoms with Gasteiger partial charge in [0.15, 0.2) is 0 Å². The van der Waals surface area contributed by atoms with E-state index in [0.717, 1.165) is 0 Å². The first-order chi connectivity index (χ1) is 9.31. The Morgan fingerprint density at radius 2 is 2.25 bits per heavy atom. The second-order valence-corrected chi connectivity index (χ2v) is 5.31. The monoisotopic (exact) mass is 300 g/mol. The number of ether oxygens (including phenoxy) is 1. The number of halogens is 1. The van der Waals surface area contributed by atoms with Gasteiger partial charge in [0.05, 0.1) is 4.92 Å². The van der Waals surface area contributed by atoms with Crippen LogP contribution >= 0.6 is 11.6 Å². The molecule has 1 aliphatic heterocycles. The maximum atomic E-state index is 11.0. The van der Waals surface area contributed by atoms with Gasteiger partial charge in [-0.2, -0.15) is 0 Å². The average Bonchev–Trinajstić information content (AvgIpc) is 2.32. The Bertz CT molecular complexity index is 557. The average molecular weight is 301 g/mol. The topological polar surface area (TPSA) is 92.9 Å². The molecule has 1 aromatic rings. The number of carboxylic acid groups (broad SMARTS) is 1. The molecule has 108 valence electrons. The van der Waals surface area contributed by atoms with Gasteiger partial charge < -0.3 is 14.7 Å². The van der Waals surface area contributed by atoms with Crippen LogP contribution in [0.2, 0.25) is 5.02 Å². The highest BCUT2D eigenvalue weighted by Crippen LogP contribution is 2.37. The molecule has 0 amide bonds. The van der Waals surface area contributed by atoms with Gasteiger partial charge in [-0.05, 0) is 19.1 Å². The molecule has 1 N–H and O–H groups in total. The number of rotatable bonds is 5. The van der Waals surface area contributed by atoms with Gasteiger partial charge in [-0.15, -0.1) is 0 Å². The first kappa shape index (κ1) is 14.5. The van der Waals surface area contributed by atoms with Gasteiger partial charge in [-0.25, -0.2) is 4.79 Å². The Hall–Kier alpha value is -1.86. The largest absolute Gasteiger partial charge is 0.480 e. The highest BCUT2D eigenvalue weighted by Gasteiger charge is 2.42. The van der Waals surface area contributed by atoms with E-state index in [9.17, 15) is 14.9 Å². The predicted molar refractivity (Wildman–Crippen MR) is 72.3 cm³/mol. The van der Waals surface area contributed by atoms with E-state index in [-0.39, 0.29) is 12.3 Å². The summed E-state index contributed by atoms with van der Waals surface area (Å²) in [5, 5.41) is 20.0. The van der Waals surface area contributed by atoms with Crippen LogP contribution in [0.1, 0.15) is 6.92 Å². The van der Waals surface area contributed by atoms with Crippen molar-refractivity contribution >= 4 is 28.9 Å². The van der Waals surface area contributed by atoms with E-state index in [1.165, 1.54) is 18.2 Å². The van der Waals surface area contributed by atoms with Gasteiger partial charge in [0.2, 0.25) is 0 Å². The van der Waals surface area contributed by atoms with Gasteiger partial charge in [0, 0.05) is 24.2 Å². The number of carboxylic acids is 1. The number of nitro benzene ring substituents is 1. The number of aliphatic carboxylic acids is 1. The lowest BCUT2D eigenvalue weighted by Gasteiger charge is -2.48. The second kappa shape index (κ2) is 5.26. The molecule has 1 saturated heterocycles. The Kier molecular flexibility index (Phi) is 3.82. The molecule has 1 aromatic carbocycles. The minimum atomic E-state index is -1.04. The molecule has 0 atom stereocenters. The Morgan fingerprint density at radius 1 is 1.60 bits per heavy atom. The van der Waals surface area contributed by atoms with Crippen molar-refractivity contribution in [2.24, 2.45) is 0 Å². The summed E-state index contributed by atoms with van der Waals surface area (Å²) < 4.78 is 5.27. The van der Waals surface area contributed by atoms with Gasteiger partial charge in [-0.3, -0.25) is 10.1 Å². The summed E-state index contributed by atoms with van der Waals surface area (Å²) in [4.78, 5) is 22.7. The van der Waals surface area contributed by atoms with E-state index >= 15 is 0 Å². The summed E-state index contributed by atoms with van der Waals surface area (Å²) in [5.74, 6) is -1.04. The van der Waals surface area contributed by atoms with Crippen molar-refractivity contribution in [1.82, 2.24) is 0 Å². The van der Waals surface area contributed by atoms with E-state index in [1.807, 2.05) is 0 Å². The van der Waals surface area contributed by atoms with Gasteiger partial charge in [0.25, 0.3) is 5.69 Å². The lowest BCUT2D eigenvalue weighted by molar-refractivity contribution is -0.384. The predicted octanol–water partition coefficient (Wildman–Crippen LogP) is 1.93. The molecule has 1 fully saturated rings. The Balaban J connectivity index is 2.10. The molecule has 1 heterocycles. The molecule has 2 rings (SSSR count). The summed E-state index contributed by atoms with van der Waals surface area (Å²) in [6.07, 6.45) is 0. The number of nitro groups is 1. The standard InChI is InChI=1S/C12H13ClN2O5/c1-12(20-5-11(16)17)6-14(7-12)10-4-8(13)2-3-9(10)15(18)19/h2-4H,5-7H2,1H3,(H,16,17). The van der Waals surface area contributed by atoms with Crippen LogP contribution < -0.4 is 4.90 Å². The third-order valence-electron chi connectivity index (χ3n) is 3.07. The van der Waals surface area contributed by atoms with Crippen LogP contribution in [0.4, 0.5) is 11.4 Å². The second-order valence-electron chi connectivity index (χ2n) is 4.88. The van der Waals surface area contributed by atoms with E-state index in [0.29, 0.717) is 23.8 Å². The molecule has 20 heavy (non-hydrogen) atoms. The van der Waals surface area contributed by atoms with Crippen LogP contribution in [0.15, 0.2) is 18.2 Å². The summed E-state index contributed by atoms with van der Waals surface area (Å²) in [6, 6.07) is 4.34. The molecule has 0 bridgehead atoms. The number of carbonyl (C=O) groups is 1. The molecule has 0 radical (unpaired) electrons. The summed E-state index contributed by atoms with van der Waals surface area (Å²) in [5.41, 5.74) is -0.234. The third kappa shape index (κ3) is 3.00.